The maximum absolute atomic E-state index is 9.22. The molecule has 0 bridgehead atoms. The molecule has 0 spiro atoms. The number of rotatable bonds is 3. The minimum Gasteiger partial charge on any atom is -0.456 e. The quantitative estimate of drug-likeness (QED) is 0.831. The number of nitriles is 2. The van der Waals surface area contributed by atoms with Crippen molar-refractivity contribution in [2.45, 2.75) is 13.3 Å². The Morgan fingerprint density at radius 1 is 1.11 bits per heavy atom. The summed E-state index contributed by atoms with van der Waals surface area (Å²) in [5.74, 6) is 1.17. The van der Waals surface area contributed by atoms with E-state index in [4.69, 9.17) is 10.00 Å². The Bertz CT molecular complexity index is 678. The molecule has 3 nitrogen and oxygen atoms in total. The predicted molar refractivity (Wildman–Crippen MR) is 71.7 cm³/mol. The molecule has 0 saturated heterocycles. The number of aryl methyl sites for hydroxylation is 1. The van der Waals surface area contributed by atoms with Crippen molar-refractivity contribution in [2.24, 2.45) is 0 Å². The van der Waals surface area contributed by atoms with Gasteiger partial charge in [0, 0.05) is 0 Å². The van der Waals surface area contributed by atoms with Crippen molar-refractivity contribution in [1.29, 1.82) is 10.5 Å². The summed E-state index contributed by atoms with van der Waals surface area (Å²) in [6.45, 7) is 1.98. The lowest BCUT2D eigenvalue weighted by atomic mass is 10.1. The molecule has 2 rings (SSSR count). The molecular weight excluding hydrogens is 236 g/mol. The van der Waals surface area contributed by atoms with E-state index in [-0.39, 0.29) is 6.42 Å². The van der Waals surface area contributed by atoms with E-state index in [0.29, 0.717) is 22.6 Å². The van der Waals surface area contributed by atoms with E-state index >= 15 is 0 Å². The molecule has 3 heteroatoms. The fourth-order valence-electron chi connectivity index (χ4n) is 1.83. The Morgan fingerprint density at radius 3 is 2.58 bits per heavy atom. The zero-order valence-electron chi connectivity index (χ0n) is 10.6. The van der Waals surface area contributed by atoms with E-state index in [2.05, 4.69) is 12.1 Å². The molecule has 0 saturated carbocycles. The van der Waals surface area contributed by atoms with E-state index in [0.717, 1.165) is 5.56 Å². The minimum absolute atomic E-state index is 0.202. The summed E-state index contributed by atoms with van der Waals surface area (Å²) in [5.41, 5.74) is 2.20. The highest BCUT2D eigenvalue weighted by Crippen LogP contribution is 2.27. The summed E-state index contributed by atoms with van der Waals surface area (Å²) < 4.78 is 5.74. The van der Waals surface area contributed by atoms with Gasteiger partial charge in [0.15, 0.2) is 0 Å². The van der Waals surface area contributed by atoms with Crippen LogP contribution in [0.25, 0.3) is 0 Å². The summed E-state index contributed by atoms with van der Waals surface area (Å²) in [7, 11) is 0. The predicted octanol–water partition coefficient (Wildman–Crippen LogP) is 3.73. The van der Waals surface area contributed by atoms with Gasteiger partial charge in [-0.15, -0.1) is 0 Å². The Balaban J connectivity index is 2.38. The van der Waals surface area contributed by atoms with Gasteiger partial charge in [-0.3, -0.25) is 0 Å². The maximum Gasteiger partial charge on any atom is 0.145 e. The molecule has 0 atom stereocenters. The smallest absolute Gasteiger partial charge is 0.145 e. The van der Waals surface area contributed by atoms with Gasteiger partial charge in [-0.25, -0.2) is 0 Å². The summed E-state index contributed by atoms with van der Waals surface area (Å²) in [6, 6.07) is 17.1. The van der Waals surface area contributed by atoms with Crippen molar-refractivity contribution in [3.63, 3.8) is 0 Å². The highest BCUT2D eigenvalue weighted by Gasteiger charge is 2.09. The first-order chi connectivity index (χ1) is 9.24. The van der Waals surface area contributed by atoms with E-state index in [1.807, 2.05) is 31.2 Å². The minimum atomic E-state index is 0.202. The van der Waals surface area contributed by atoms with E-state index in [1.54, 1.807) is 18.2 Å². The van der Waals surface area contributed by atoms with Crippen LogP contribution in [-0.4, -0.2) is 0 Å². The molecule has 0 aliphatic rings. The Morgan fingerprint density at radius 2 is 1.89 bits per heavy atom. The molecule has 2 aromatic carbocycles. The Labute approximate surface area is 112 Å². The summed E-state index contributed by atoms with van der Waals surface area (Å²) >= 11 is 0. The molecule has 2 aromatic rings. The van der Waals surface area contributed by atoms with Crippen molar-refractivity contribution >= 4 is 0 Å². The average molecular weight is 248 g/mol. The molecule has 0 fully saturated rings. The van der Waals surface area contributed by atoms with Gasteiger partial charge in [0.25, 0.3) is 0 Å². The third kappa shape index (κ3) is 2.91. The van der Waals surface area contributed by atoms with E-state index < -0.39 is 0 Å². The SMILES string of the molecule is Cc1cccc(Oc2cccc(CC#N)c2C#N)c1. The van der Waals surface area contributed by atoms with Crippen LogP contribution in [-0.2, 0) is 6.42 Å². The molecule has 0 heterocycles. The van der Waals surface area contributed by atoms with Gasteiger partial charge >= 0.3 is 0 Å². The van der Waals surface area contributed by atoms with Gasteiger partial charge in [-0.2, -0.15) is 10.5 Å². The van der Waals surface area contributed by atoms with Crippen LogP contribution >= 0.6 is 0 Å². The molecule has 0 aliphatic heterocycles. The maximum atomic E-state index is 9.22. The number of hydrogen-bond donors (Lipinski definition) is 0. The highest BCUT2D eigenvalue weighted by atomic mass is 16.5. The lowest BCUT2D eigenvalue weighted by molar-refractivity contribution is 0.480. The van der Waals surface area contributed by atoms with Crippen molar-refractivity contribution in [3.8, 4) is 23.6 Å². The van der Waals surface area contributed by atoms with Crippen molar-refractivity contribution in [1.82, 2.24) is 0 Å². The topological polar surface area (TPSA) is 56.8 Å². The molecule has 19 heavy (non-hydrogen) atoms. The first-order valence-corrected chi connectivity index (χ1v) is 5.88. The van der Waals surface area contributed by atoms with E-state index in [9.17, 15) is 5.26 Å². The number of nitrogens with zero attached hydrogens (tertiary/aromatic N) is 2. The summed E-state index contributed by atoms with van der Waals surface area (Å²) in [4.78, 5) is 0. The molecule has 0 unspecified atom stereocenters. The van der Waals surface area contributed by atoms with Gasteiger partial charge in [-0.1, -0.05) is 24.3 Å². The molecule has 0 amide bonds. The zero-order valence-corrected chi connectivity index (χ0v) is 10.6. The average Bonchev–Trinajstić information content (AvgIpc) is 2.39. The lowest BCUT2D eigenvalue weighted by Crippen LogP contribution is -1.94. The Hall–Kier alpha value is -2.78. The van der Waals surface area contributed by atoms with Gasteiger partial charge in [-0.05, 0) is 36.2 Å². The summed E-state index contributed by atoms with van der Waals surface area (Å²) in [6.07, 6.45) is 0.202. The van der Waals surface area contributed by atoms with Crippen LogP contribution in [0.5, 0.6) is 11.5 Å². The van der Waals surface area contributed by atoms with Crippen LogP contribution in [0.1, 0.15) is 16.7 Å². The van der Waals surface area contributed by atoms with Crippen LogP contribution in [0.2, 0.25) is 0 Å². The summed E-state index contributed by atoms with van der Waals surface area (Å²) in [5, 5.41) is 18.0. The third-order valence-corrected chi connectivity index (χ3v) is 2.71. The van der Waals surface area contributed by atoms with E-state index in [1.165, 1.54) is 0 Å². The Kier molecular flexibility index (Phi) is 3.81. The van der Waals surface area contributed by atoms with Crippen LogP contribution < -0.4 is 4.74 Å². The van der Waals surface area contributed by atoms with Crippen molar-refractivity contribution < 1.29 is 4.74 Å². The van der Waals surface area contributed by atoms with Crippen molar-refractivity contribution in [2.75, 3.05) is 0 Å². The van der Waals surface area contributed by atoms with Crippen LogP contribution in [0.15, 0.2) is 42.5 Å². The highest BCUT2D eigenvalue weighted by molar-refractivity contribution is 5.51. The number of hydrogen-bond acceptors (Lipinski definition) is 3. The van der Waals surface area contributed by atoms with Crippen molar-refractivity contribution in [3.05, 3.63) is 59.2 Å². The monoisotopic (exact) mass is 248 g/mol. The fourth-order valence-corrected chi connectivity index (χ4v) is 1.83. The molecule has 0 aromatic heterocycles. The fraction of sp³-hybridized carbons (Fsp3) is 0.125. The van der Waals surface area contributed by atoms with Crippen LogP contribution in [0.4, 0.5) is 0 Å². The van der Waals surface area contributed by atoms with Gasteiger partial charge in [0.2, 0.25) is 0 Å². The second-order valence-corrected chi connectivity index (χ2v) is 4.16. The van der Waals surface area contributed by atoms with Crippen LogP contribution in [0, 0.1) is 29.6 Å². The third-order valence-electron chi connectivity index (χ3n) is 2.71. The first kappa shape index (κ1) is 12.7. The van der Waals surface area contributed by atoms with Gasteiger partial charge in [0.05, 0.1) is 18.1 Å². The standard InChI is InChI=1S/C16H12N2O/c1-12-4-2-6-14(10-12)19-16-7-3-5-13(8-9-17)15(16)11-18/h2-7,10H,8H2,1H3. The lowest BCUT2D eigenvalue weighted by Gasteiger charge is -2.09. The largest absolute Gasteiger partial charge is 0.456 e. The molecule has 0 radical (unpaired) electrons. The van der Waals surface area contributed by atoms with Gasteiger partial charge < -0.3 is 4.74 Å². The normalized spacial score (nSPS) is 9.42. The van der Waals surface area contributed by atoms with Crippen LogP contribution in [0.3, 0.4) is 0 Å². The molecule has 92 valence electrons. The molecule has 0 aliphatic carbocycles. The molecule has 0 N–H and O–H groups in total. The second-order valence-electron chi connectivity index (χ2n) is 4.16. The number of ether oxygens (including phenoxy) is 1. The zero-order chi connectivity index (χ0) is 13.7. The van der Waals surface area contributed by atoms with Gasteiger partial charge in [0.1, 0.15) is 17.6 Å². The molecular formula is C16H12N2O. The first-order valence-electron chi connectivity index (χ1n) is 5.88. The number of benzene rings is 2. The second kappa shape index (κ2) is 5.71.